The van der Waals surface area contributed by atoms with Gasteiger partial charge in [0.05, 0.1) is 9.92 Å². The first kappa shape index (κ1) is 24.9. The van der Waals surface area contributed by atoms with Crippen LogP contribution in [0.4, 0.5) is 0 Å². The predicted octanol–water partition coefficient (Wildman–Crippen LogP) is 2.87. The number of benzene rings is 2. The highest BCUT2D eigenvalue weighted by Crippen LogP contribution is 2.28. The molecule has 0 saturated carbocycles. The molecule has 31 heavy (non-hydrogen) atoms. The Morgan fingerprint density at radius 3 is 2.45 bits per heavy atom. The van der Waals surface area contributed by atoms with Crippen LogP contribution in [-0.2, 0) is 30.9 Å². The summed E-state index contributed by atoms with van der Waals surface area (Å²) in [7, 11) is -0.825. The Labute approximate surface area is 191 Å². The lowest BCUT2D eigenvalue weighted by molar-refractivity contribution is -0.154. The molecule has 0 aromatic heterocycles. The maximum absolute atomic E-state index is 12.4. The molecule has 1 atom stereocenters. The Hall–Kier alpha value is -2.33. The van der Waals surface area contributed by atoms with Crippen molar-refractivity contribution in [3.05, 3.63) is 58.1 Å². The van der Waals surface area contributed by atoms with Crippen molar-refractivity contribution < 1.29 is 27.5 Å². The van der Waals surface area contributed by atoms with Gasteiger partial charge in [-0.1, -0.05) is 41.4 Å². The largest absolute Gasteiger partial charge is 0.477 e. The van der Waals surface area contributed by atoms with Crippen LogP contribution in [0.15, 0.2) is 47.4 Å². The average Bonchev–Trinajstić information content (AvgIpc) is 2.72. The molecule has 1 unspecified atom stereocenters. The lowest BCUT2D eigenvalue weighted by Crippen LogP contribution is -2.33. The van der Waals surface area contributed by atoms with Gasteiger partial charge in [-0.15, -0.1) is 0 Å². The Kier molecular flexibility index (Phi) is 8.69. The number of esters is 1. The molecule has 0 aliphatic heterocycles. The molecule has 2 rings (SSSR count). The van der Waals surface area contributed by atoms with Gasteiger partial charge in [0.2, 0.25) is 10.0 Å². The number of hydrogen-bond donors (Lipinski definition) is 1. The third-order valence-electron chi connectivity index (χ3n) is 4.08. The number of nitrogens with one attached hydrogen (secondary N) is 1. The summed E-state index contributed by atoms with van der Waals surface area (Å²) < 4.78 is 36.3. The smallest absolute Gasteiger partial charge is 0.347 e. The summed E-state index contributed by atoms with van der Waals surface area (Å²) >= 11 is 11.8. The van der Waals surface area contributed by atoms with Crippen LogP contribution in [0.5, 0.6) is 5.75 Å². The van der Waals surface area contributed by atoms with Crippen molar-refractivity contribution >= 4 is 45.1 Å². The minimum absolute atomic E-state index is 0.0495. The Morgan fingerprint density at radius 2 is 1.81 bits per heavy atom. The van der Waals surface area contributed by atoms with Gasteiger partial charge in [0.15, 0.2) is 12.7 Å². The number of sulfonamides is 1. The van der Waals surface area contributed by atoms with Gasteiger partial charge in [0, 0.05) is 25.7 Å². The summed E-state index contributed by atoms with van der Waals surface area (Å²) in [5.41, 5.74) is 0.407. The van der Waals surface area contributed by atoms with Gasteiger partial charge in [-0.2, -0.15) is 0 Å². The van der Waals surface area contributed by atoms with E-state index >= 15 is 0 Å². The number of ether oxygens (including phenoxy) is 2. The quantitative estimate of drug-likeness (QED) is 0.544. The fraction of sp³-hybridized carbons (Fsp3) is 0.300. The van der Waals surface area contributed by atoms with Crippen LogP contribution in [0.2, 0.25) is 10.0 Å². The van der Waals surface area contributed by atoms with Gasteiger partial charge in [0.1, 0.15) is 5.75 Å². The molecule has 0 radical (unpaired) electrons. The molecular formula is C20H22Cl2N2O6S. The van der Waals surface area contributed by atoms with E-state index in [9.17, 15) is 18.0 Å². The van der Waals surface area contributed by atoms with E-state index in [-0.39, 0.29) is 22.2 Å². The maximum Gasteiger partial charge on any atom is 0.347 e. The molecular weight excluding hydrogens is 467 g/mol. The highest BCUT2D eigenvalue weighted by molar-refractivity contribution is 7.89. The van der Waals surface area contributed by atoms with Crippen molar-refractivity contribution in [3.63, 3.8) is 0 Å². The second kappa shape index (κ2) is 10.8. The van der Waals surface area contributed by atoms with Gasteiger partial charge in [-0.25, -0.2) is 17.5 Å². The number of hydrogen-bond acceptors (Lipinski definition) is 6. The first-order chi connectivity index (χ1) is 14.5. The van der Waals surface area contributed by atoms with Crippen molar-refractivity contribution in [1.29, 1.82) is 0 Å². The lowest BCUT2D eigenvalue weighted by Gasteiger charge is -2.16. The fourth-order valence-electron chi connectivity index (χ4n) is 2.41. The summed E-state index contributed by atoms with van der Waals surface area (Å²) in [5.74, 6) is -1.11. The minimum atomic E-state index is -3.67. The predicted molar refractivity (Wildman–Crippen MR) is 117 cm³/mol. The van der Waals surface area contributed by atoms with Gasteiger partial charge < -0.3 is 14.8 Å². The van der Waals surface area contributed by atoms with Crippen molar-refractivity contribution in [3.8, 4) is 5.75 Å². The molecule has 8 nitrogen and oxygen atoms in total. The number of halogens is 2. The van der Waals surface area contributed by atoms with Crippen LogP contribution in [0.1, 0.15) is 12.5 Å². The van der Waals surface area contributed by atoms with E-state index in [0.29, 0.717) is 10.6 Å². The SMILES string of the molecule is CC(Oc1ccc(Cl)cc1Cl)C(=O)OCC(=O)NCc1ccccc1S(=O)(=O)N(C)C. The molecule has 2 aromatic carbocycles. The van der Waals surface area contributed by atoms with Crippen LogP contribution < -0.4 is 10.1 Å². The number of amides is 1. The molecule has 0 aliphatic carbocycles. The van der Waals surface area contributed by atoms with Gasteiger partial charge >= 0.3 is 5.97 Å². The Morgan fingerprint density at radius 1 is 1.13 bits per heavy atom. The van der Waals surface area contributed by atoms with Crippen molar-refractivity contribution in [2.24, 2.45) is 0 Å². The fourth-order valence-corrected chi connectivity index (χ4v) is 3.97. The molecule has 1 amide bonds. The molecule has 0 fully saturated rings. The Bertz CT molecular complexity index is 1060. The number of carbonyl (C=O) groups is 2. The second-order valence-corrected chi connectivity index (χ2v) is 9.58. The van der Waals surface area contributed by atoms with Crippen LogP contribution in [0, 0.1) is 0 Å². The van der Waals surface area contributed by atoms with Crippen LogP contribution in [-0.4, -0.2) is 51.4 Å². The molecule has 0 saturated heterocycles. The third-order valence-corrected chi connectivity index (χ3v) is 6.53. The lowest BCUT2D eigenvalue weighted by atomic mass is 10.2. The monoisotopic (exact) mass is 488 g/mol. The maximum atomic E-state index is 12.4. The third kappa shape index (κ3) is 6.83. The summed E-state index contributed by atoms with van der Waals surface area (Å²) in [6.07, 6.45) is -1.02. The van der Waals surface area contributed by atoms with E-state index in [1.54, 1.807) is 24.3 Å². The summed E-state index contributed by atoms with van der Waals surface area (Å²) in [4.78, 5) is 24.2. The van der Waals surface area contributed by atoms with E-state index in [1.807, 2.05) is 0 Å². The number of carbonyl (C=O) groups excluding carboxylic acids is 2. The van der Waals surface area contributed by atoms with E-state index in [1.165, 1.54) is 39.2 Å². The van der Waals surface area contributed by atoms with E-state index in [0.717, 1.165) is 4.31 Å². The highest BCUT2D eigenvalue weighted by Gasteiger charge is 2.22. The summed E-state index contributed by atoms with van der Waals surface area (Å²) in [5, 5.41) is 3.19. The number of nitrogens with zero attached hydrogens (tertiary/aromatic N) is 1. The zero-order valence-electron chi connectivity index (χ0n) is 17.1. The van der Waals surface area contributed by atoms with Crippen molar-refractivity contribution in [2.45, 2.75) is 24.5 Å². The van der Waals surface area contributed by atoms with Crippen LogP contribution in [0.25, 0.3) is 0 Å². The topological polar surface area (TPSA) is 102 Å². The van der Waals surface area contributed by atoms with Crippen molar-refractivity contribution in [2.75, 3.05) is 20.7 Å². The minimum Gasteiger partial charge on any atom is -0.477 e. The first-order valence-corrected chi connectivity index (χ1v) is 11.3. The standard InChI is InChI=1S/C20H22Cl2N2O6S/c1-13(30-17-9-8-15(21)10-16(17)22)20(26)29-12-19(25)23-11-14-6-4-5-7-18(14)31(27,28)24(2)3/h4-10,13H,11-12H2,1-3H3,(H,23,25). The second-order valence-electron chi connectivity index (χ2n) is 6.61. The highest BCUT2D eigenvalue weighted by atomic mass is 35.5. The molecule has 0 spiro atoms. The molecule has 2 aromatic rings. The summed E-state index contributed by atoms with van der Waals surface area (Å²) in [6.45, 7) is 0.850. The molecule has 168 valence electrons. The molecule has 0 heterocycles. The zero-order valence-corrected chi connectivity index (χ0v) is 19.4. The van der Waals surface area contributed by atoms with E-state index in [4.69, 9.17) is 32.7 Å². The molecule has 0 aliphatic rings. The van der Waals surface area contributed by atoms with Crippen LogP contribution in [0.3, 0.4) is 0 Å². The van der Waals surface area contributed by atoms with Gasteiger partial charge in [-0.3, -0.25) is 4.79 Å². The normalized spacial score (nSPS) is 12.3. The zero-order chi connectivity index (χ0) is 23.2. The van der Waals surface area contributed by atoms with Crippen molar-refractivity contribution in [1.82, 2.24) is 9.62 Å². The first-order valence-electron chi connectivity index (χ1n) is 9.08. The molecule has 1 N–H and O–H groups in total. The van der Waals surface area contributed by atoms with Gasteiger partial charge in [-0.05, 0) is 36.8 Å². The average molecular weight is 489 g/mol. The molecule has 11 heteroatoms. The van der Waals surface area contributed by atoms with Crippen LogP contribution >= 0.6 is 23.2 Å². The summed E-state index contributed by atoms with van der Waals surface area (Å²) in [6, 6.07) is 10.8. The van der Waals surface area contributed by atoms with E-state index in [2.05, 4.69) is 5.32 Å². The van der Waals surface area contributed by atoms with E-state index < -0.39 is 34.6 Å². The molecule has 0 bridgehead atoms. The number of rotatable bonds is 9. The Balaban J connectivity index is 1.89. The van der Waals surface area contributed by atoms with Gasteiger partial charge in [0.25, 0.3) is 5.91 Å².